The second-order valence-corrected chi connectivity index (χ2v) is 5.62. The van der Waals surface area contributed by atoms with Crippen LogP contribution in [0.2, 0.25) is 0 Å². The molecular weight excluding hydrogens is 300 g/mol. The maximum Gasteiger partial charge on any atom is 0.193 e. The van der Waals surface area contributed by atoms with E-state index in [4.69, 9.17) is 9.52 Å². The number of unbranched alkanes of at least 4 members (excludes halogenated alkanes) is 3. The highest BCUT2D eigenvalue weighted by Crippen LogP contribution is 2.21. The van der Waals surface area contributed by atoms with Crippen LogP contribution in [-0.2, 0) is 0 Å². The first-order valence-electron chi connectivity index (χ1n) is 8.45. The van der Waals surface area contributed by atoms with Crippen molar-refractivity contribution >= 4 is 11.0 Å². The predicted octanol–water partition coefficient (Wildman–Crippen LogP) is 5.02. The summed E-state index contributed by atoms with van der Waals surface area (Å²) in [6.45, 7) is 2.53. The first-order valence-corrected chi connectivity index (χ1v) is 8.45. The third kappa shape index (κ3) is 5.07. The maximum atomic E-state index is 11.9. The van der Waals surface area contributed by atoms with Crippen LogP contribution in [-0.4, -0.2) is 11.7 Å². The van der Waals surface area contributed by atoms with Crippen LogP contribution < -0.4 is 5.43 Å². The summed E-state index contributed by atoms with van der Waals surface area (Å²) < 4.78 is 5.73. The lowest BCUT2D eigenvalue weighted by atomic mass is 10.1. The molecule has 0 aliphatic heterocycles. The average Bonchev–Trinajstić information content (AvgIpc) is 2.63. The van der Waals surface area contributed by atoms with Gasteiger partial charge in [0.1, 0.15) is 11.3 Å². The van der Waals surface area contributed by atoms with Gasteiger partial charge in [-0.15, -0.1) is 0 Å². The molecule has 0 bridgehead atoms. The Labute approximate surface area is 142 Å². The number of hydrogen-bond acceptors (Lipinski definition) is 3. The zero-order chi connectivity index (χ0) is 17.2. The van der Waals surface area contributed by atoms with Gasteiger partial charge < -0.3 is 9.52 Å². The summed E-state index contributed by atoms with van der Waals surface area (Å²) in [5.41, 5.74) is 1.53. The lowest BCUT2D eigenvalue weighted by molar-refractivity contribution is 0.283. The summed E-state index contributed by atoms with van der Waals surface area (Å²) >= 11 is 0. The fourth-order valence-electron chi connectivity index (χ4n) is 2.39. The van der Waals surface area contributed by atoms with Crippen LogP contribution in [0, 0.1) is 0 Å². The monoisotopic (exact) mass is 324 g/mol. The van der Waals surface area contributed by atoms with E-state index in [1.807, 2.05) is 48.5 Å². The molecule has 1 aromatic heterocycles. The molecule has 0 atom stereocenters. The van der Waals surface area contributed by atoms with Crippen LogP contribution in [0.3, 0.4) is 0 Å². The van der Waals surface area contributed by atoms with Gasteiger partial charge in [-0.3, -0.25) is 4.79 Å². The number of benzene rings is 2. The number of hydrogen-bond donors (Lipinski definition) is 1. The standard InChI is InChI=1S/C15H10O2.C6H14O/c16-13-10-15(11-6-2-1-3-7-11)17-14-9-5-4-8-12(13)14;1-2-3-4-5-6-7/h1-10H;7H,2-6H2,1H3. The Kier molecular flexibility index (Phi) is 7.24. The first-order chi connectivity index (χ1) is 11.8. The Morgan fingerprint density at radius 2 is 1.62 bits per heavy atom. The summed E-state index contributed by atoms with van der Waals surface area (Å²) in [6, 6.07) is 18.4. The number of rotatable bonds is 5. The van der Waals surface area contributed by atoms with Crippen LogP contribution >= 0.6 is 0 Å². The van der Waals surface area contributed by atoms with Gasteiger partial charge in [0.15, 0.2) is 5.43 Å². The van der Waals surface area contributed by atoms with Gasteiger partial charge in [-0.05, 0) is 18.6 Å². The number of aliphatic hydroxyl groups is 1. The van der Waals surface area contributed by atoms with Crippen molar-refractivity contribution in [3.63, 3.8) is 0 Å². The minimum atomic E-state index is -0.00861. The van der Waals surface area contributed by atoms with Gasteiger partial charge in [0.05, 0.1) is 5.39 Å². The molecule has 0 saturated heterocycles. The lowest BCUT2D eigenvalue weighted by Crippen LogP contribution is -1.99. The molecule has 2 aromatic carbocycles. The minimum Gasteiger partial charge on any atom is -0.456 e. The van der Waals surface area contributed by atoms with Crippen molar-refractivity contribution in [3.05, 3.63) is 70.9 Å². The summed E-state index contributed by atoms with van der Waals surface area (Å²) in [7, 11) is 0. The van der Waals surface area contributed by atoms with Crippen LogP contribution in [0.1, 0.15) is 32.6 Å². The van der Waals surface area contributed by atoms with Crippen molar-refractivity contribution in [1.29, 1.82) is 0 Å². The van der Waals surface area contributed by atoms with Gasteiger partial charge in [0.2, 0.25) is 0 Å². The SMILES string of the molecule is CCCCCCO.O=c1cc(-c2ccccc2)oc2ccccc12. The maximum absolute atomic E-state index is 11.9. The van der Waals surface area contributed by atoms with Crippen molar-refractivity contribution in [2.24, 2.45) is 0 Å². The molecule has 24 heavy (non-hydrogen) atoms. The second-order valence-electron chi connectivity index (χ2n) is 5.62. The fourth-order valence-corrected chi connectivity index (χ4v) is 2.39. The van der Waals surface area contributed by atoms with Crippen LogP contribution in [0.5, 0.6) is 0 Å². The van der Waals surface area contributed by atoms with Gasteiger partial charge in [-0.1, -0.05) is 68.7 Å². The summed E-state index contributed by atoms with van der Waals surface area (Å²) in [4.78, 5) is 11.9. The average molecular weight is 324 g/mol. The molecule has 1 N–H and O–H groups in total. The van der Waals surface area contributed by atoms with E-state index in [0.717, 1.165) is 12.0 Å². The van der Waals surface area contributed by atoms with Crippen molar-refractivity contribution in [3.8, 4) is 11.3 Å². The molecule has 3 rings (SSSR count). The topological polar surface area (TPSA) is 50.4 Å². The molecule has 0 saturated carbocycles. The fraction of sp³-hybridized carbons (Fsp3) is 0.286. The van der Waals surface area contributed by atoms with E-state index in [-0.39, 0.29) is 5.43 Å². The second kappa shape index (κ2) is 9.68. The third-order valence-electron chi connectivity index (χ3n) is 3.70. The quantitative estimate of drug-likeness (QED) is 0.670. The van der Waals surface area contributed by atoms with E-state index < -0.39 is 0 Å². The molecule has 0 aliphatic carbocycles. The van der Waals surface area contributed by atoms with Crippen LogP contribution in [0.15, 0.2) is 69.9 Å². The van der Waals surface area contributed by atoms with E-state index in [0.29, 0.717) is 23.3 Å². The summed E-state index contributed by atoms with van der Waals surface area (Å²) in [5, 5.41) is 8.91. The summed E-state index contributed by atoms with van der Waals surface area (Å²) in [6.07, 6.45) is 4.68. The van der Waals surface area contributed by atoms with Crippen molar-refractivity contribution in [2.75, 3.05) is 6.61 Å². The largest absolute Gasteiger partial charge is 0.456 e. The lowest BCUT2D eigenvalue weighted by Gasteiger charge is -2.02. The Bertz CT molecular complexity index is 787. The van der Waals surface area contributed by atoms with Crippen molar-refractivity contribution in [1.82, 2.24) is 0 Å². The molecule has 0 unspecified atom stereocenters. The van der Waals surface area contributed by atoms with Gasteiger partial charge in [-0.2, -0.15) is 0 Å². The Morgan fingerprint density at radius 1 is 0.917 bits per heavy atom. The molecule has 0 fully saturated rings. The zero-order valence-corrected chi connectivity index (χ0v) is 14.1. The molecule has 0 amide bonds. The van der Waals surface area contributed by atoms with E-state index in [2.05, 4.69) is 6.92 Å². The van der Waals surface area contributed by atoms with Crippen LogP contribution in [0.4, 0.5) is 0 Å². The molecular formula is C21H24O3. The molecule has 1 heterocycles. The first kappa shape index (κ1) is 18.0. The number of aliphatic hydroxyl groups excluding tert-OH is 1. The molecule has 0 radical (unpaired) electrons. The normalized spacial score (nSPS) is 10.2. The van der Waals surface area contributed by atoms with Gasteiger partial charge in [0.25, 0.3) is 0 Å². The van der Waals surface area contributed by atoms with E-state index in [1.165, 1.54) is 25.3 Å². The molecule has 3 aromatic rings. The molecule has 0 aliphatic rings. The third-order valence-corrected chi connectivity index (χ3v) is 3.70. The van der Waals surface area contributed by atoms with Crippen LogP contribution in [0.25, 0.3) is 22.3 Å². The molecule has 126 valence electrons. The Balaban J connectivity index is 0.000000256. The van der Waals surface area contributed by atoms with E-state index in [9.17, 15) is 4.79 Å². The Hall–Kier alpha value is -2.39. The number of para-hydroxylation sites is 1. The van der Waals surface area contributed by atoms with Gasteiger partial charge >= 0.3 is 0 Å². The van der Waals surface area contributed by atoms with Crippen molar-refractivity contribution < 1.29 is 9.52 Å². The molecule has 0 spiro atoms. The van der Waals surface area contributed by atoms with Gasteiger partial charge in [-0.25, -0.2) is 0 Å². The summed E-state index contributed by atoms with van der Waals surface area (Å²) in [5.74, 6) is 0.606. The predicted molar refractivity (Wildman–Crippen MR) is 99.1 cm³/mol. The minimum absolute atomic E-state index is 0.00861. The van der Waals surface area contributed by atoms with Gasteiger partial charge in [0, 0.05) is 18.2 Å². The molecule has 3 nitrogen and oxygen atoms in total. The zero-order valence-electron chi connectivity index (χ0n) is 14.1. The number of fused-ring (bicyclic) bond motifs is 1. The molecule has 3 heteroatoms. The van der Waals surface area contributed by atoms with Crippen molar-refractivity contribution in [2.45, 2.75) is 32.6 Å². The van der Waals surface area contributed by atoms with E-state index in [1.54, 1.807) is 6.07 Å². The highest BCUT2D eigenvalue weighted by atomic mass is 16.3. The highest BCUT2D eigenvalue weighted by molar-refractivity contribution is 5.78. The highest BCUT2D eigenvalue weighted by Gasteiger charge is 2.05. The van der Waals surface area contributed by atoms with E-state index >= 15 is 0 Å². The Morgan fingerprint density at radius 3 is 2.33 bits per heavy atom. The smallest absolute Gasteiger partial charge is 0.193 e.